The van der Waals surface area contributed by atoms with Gasteiger partial charge in [0.25, 0.3) is 5.91 Å². The number of para-hydroxylation sites is 1. The number of carbonyl (C=O) groups is 1. The fraction of sp³-hybridized carbons (Fsp3) is 0.588. The molecule has 0 aliphatic carbocycles. The highest BCUT2D eigenvalue weighted by molar-refractivity contribution is 5.77. The number of rotatable bonds is 8. The van der Waals surface area contributed by atoms with E-state index in [1.807, 2.05) is 24.3 Å². The van der Waals surface area contributed by atoms with Crippen LogP contribution in [0.2, 0.25) is 0 Å². The van der Waals surface area contributed by atoms with Gasteiger partial charge in [-0.1, -0.05) is 45.9 Å². The second-order valence-corrected chi connectivity index (χ2v) is 6.06. The predicted octanol–water partition coefficient (Wildman–Crippen LogP) is 2.71. The molecule has 4 nitrogen and oxygen atoms in total. The Morgan fingerprint density at radius 3 is 2.48 bits per heavy atom. The summed E-state index contributed by atoms with van der Waals surface area (Å²) in [6, 6.07) is 7.54. The Kier molecular flexibility index (Phi) is 7.23. The molecule has 0 spiro atoms. The van der Waals surface area contributed by atoms with Crippen LogP contribution in [-0.4, -0.2) is 30.3 Å². The first-order valence-electron chi connectivity index (χ1n) is 7.56. The van der Waals surface area contributed by atoms with E-state index < -0.39 is 0 Å². The van der Waals surface area contributed by atoms with E-state index in [1.165, 1.54) is 0 Å². The van der Waals surface area contributed by atoms with Gasteiger partial charge in [0, 0.05) is 0 Å². The van der Waals surface area contributed by atoms with Crippen molar-refractivity contribution in [2.24, 2.45) is 5.92 Å². The minimum Gasteiger partial charge on any atom is -0.483 e. The molecular weight excluding hydrogens is 266 g/mol. The zero-order chi connectivity index (χ0) is 15.8. The molecule has 0 aliphatic heterocycles. The highest BCUT2D eigenvalue weighted by Gasteiger charge is 2.14. The largest absolute Gasteiger partial charge is 0.483 e. The quantitative estimate of drug-likeness (QED) is 0.775. The number of aliphatic hydroxyl groups is 1. The van der Waals surface area contributed by atoms with Crippen LogP contribution in [0, 0.1) is 5.92 Å². The molecule has 0 aromatic heterocycles. The summed E-state index contributed by atoms with van der Waals surface area (Å²) in [5.41, 5.74) is 1.09. The first-order valence-corrected chi connectivity index (χ1v) is 7.56. The SMILES string of the molecule is CC(C)CC(CO)NC(=O)COc1ccccc1C(C)C. The smallest absolute Gasteiger partial charge is 0.258 e. The normalized spacial score (nSPS) is 12.5. The Hall–Kier alpha value is -1.55. The third kappa shape index (κ3) is 6.17. The number of hydrogen-bond acceptors (Lipinski definition) is 3. The molecule has 0 bridgehead atoms. The van der Waals surface area contributed by atoms with Gasteiger partial charge in [-0.05, 0) is 29.9 Å². The van der Waals surface area contributed by atoms with Crippen LogP contribution in [0.1, 0.15) is 45.6 Å². The lowest BCUT2D eigenvalue weighted by Crippen LogP contribution is -2.40. The summed E-state index contributed by atoms with van der Waals surface area (Å²) < 4.78 is 5.62. The lowest BCUT2D eigenvalue weighted by molar-refractivity contribution is -0.124. The van der Waals surface area contributed by atoms with Crippen LogP contribution < -0.4 is 10.1 Å². The molecule has 1 aromatic carbocycles. The number of ether oxygens (including phenoxy) is 1. The summed E-state index contributed by atoms with van der Waals surface area (Å²) in [6.45, 7) is 8.22. The number of nitrogens with one attached hydrogen (secondary N) is 1. The van der Waals surface area contributed by atoms with Crippen LogP contribution in [0.25, 0.3) is 0 Å². The summed E-state index contributed by atoms with van der Waals surface area (Å²) in [4.78, 5) is 11.9. The Labute approximate surface area is 127 Å². The standard InChI is InChI=1S/C17H27NO3/c1-12(2)9-14(10-19)18-17(20)11-21-16-8-6-5-7-15(16)13(3)4/h5-8,12-14,19H,9-11H2,1-4H3,(H,18,20). The van der Waals surface area contributed by atoms with Crippen LogP contribution in [0.15, 0.2) is 24.3 Å². The van der Waals surface area contributed by atoms with Gasteiger partial charge in [-0.15, -0.1) is 0 Å². The molecule has 0 radical (unpaired) electrons. The summed E-state index contributed by atoms with van der Waals surface area (Å²) >= 11 is 0. The van der Waals surface area contributed by atoms with Crippen LogP contribution in [-0.2, 0) is 4.79 Å². The topological polar surface area (TPSA) is 58.6 Å². The van der Waals surface area contributed by atoms with Crippen LogP contribution in [0.4, 0.5) is 0 Å². The van der Waals surface area contributed by atoms with Gasteiger partial charge < -0.3 is 15.2 Å². The van der Waals surface area contributed by atoms with Crippen molar-refractivity contribution >= 4 is 5.91 Å². The summed E-state index contributed by atoms with van der Waals surface area (Å²) in [5.74, 6) is 1.31. The van der Waals surface area contributed by atoms with Gasteiger partial charge in [0.1, 0.15) is 5.75 Å². The van der Waals surface area contributed by atoms with E-state index in [0.717, 1.165) is 17.7 Å². The van der Waals surface area contributed by atoms with Crippen molar-refractivity contribution in [3.63, 3.8) is 0 Å². The van der Waals surface area contributed by atoms with Crippen molar-refractivity contribution in [1.82, 2.24) is 5.32 Å². The van der Waals surface area contributed by atoms with E-state index in [0.29, 0.717) is 11.8 Å². The number of amides is 1. The molecular formula is C17H27NO3. The Morgan fingerprint density at radius 2 is 1.90 bits per heavy atom. The summed E-state index contributed by atoms with van der Waals surface area (Å²) in [5, 5.41) is 12.1. The van der Waals surface area contributed by atoms with E-state index in [4.69, 9.17) is 4.74 Å². The van der Waals surface area contributed by atoms with Gasteiger partial charge >= 0.3 is 0 Å². The predicted molar refractivity (Wildman–Crippen MR) is 84.5 cm³/mol. The lowest BCUT2D eigenvalue weighted by atomic mass is 10.0. The molecule has 1 atom stereocenters. The average Bonchev–Trinajstić information content (AvgIpc) is 2.44. The maximum Gasteiger partial charge on any atom is 0.258 e. The monoisotopic (exact) mass is 293 g/mol. The Morgan fingerprint density at radius 1 is 1.24 bits per heavy atom. The van der Waals surface area contributed by atoms with Crippen molar-refractivity contribution in [2.75, 3.05) is 13.2 Å². The molecule has 0 saturated carbocycles. The van der Waals surface area contributed by atoms with Crippen molar-refractivity contribution in [1.29, 1.82) is 0 Å². The zero-order valence-corrected chi connectivity index (χ0v) is 13.4. The van der Waals surface area contributed by atoms with Gasteiger partial charge in [0.15, 0.2) is 6.61 Å². The third-order valence-electron chi connectivity index (χ3n) is 3.24. The van der Waals surface area contributed by atoms with Gasteiger partial charge in [-0.3, -0.25) is 4.79 Å². The fourth-order valence-corrected chi connectivity index (χ4v) is 2.25. The molecule has 0 fully saturated rings. The molecule has 21 heavy (non-hydrogen) atoms. The average molecular weight is 293 g/mol. The van der Waals surface area contributed by atoms with E-state index in [9.17, 15) is 9.90 Å². The van der Waals surface area contributed by atoms with Crippen LogP contribution in [0.3, 0.4) is 0 Å². The fourth-order valence-electron chi connectivity index (χ4n) is 2.25. The molecule has 0 saturated heterocycles. The molecule has 1 rings (SSSR count). The first kappa shape index (κ1) is 17.5. The van der Waals surface area contributed by atoms with Crippen molar-refractivity contribution < 1.29 is 14.6 Å². The number of hydrogen-bond donors (Lipinski definition) is 2. The zero-order valence-electron chi connectivity index (χ0n) is 13.4. The molecule has 4 heteroatoms. The van der Waals surface area contributed by atoms with Crippen LogP contribution in [0.5, 0.6) is 5.75 Å². The van der Waals surface area contributed by atoms with Gasteiger partial charge in [-0.2, -0.15) is 0 Å². The van der Waals surface area contributed by atoms with Crippen molar-refractivity contribution in [3.05, 3.63) is 29.8 Å². The summed E-state index contributed by atoms with van der Waals surface area (Å²) in [7, 11) is 0. The van der Waals surface area contributed by atoms with E-state index >= 15 is 0 Å². The Bertz CT molecular complexity index is 443. The minimum atomic E-state index is -0.207. The molecule has 0 aliphatic rings. The first-order chi connectivity index (χ1) is 9.93. The molecule has 1 amide bonds. The molecule has 2 N–H and O–H groups in total. The van der Waals surface area contributed by atoms with Gasteiger partial charge in [0.2, 0.25) is 0 Å². The highest BCUT2D eigenvalue weighted by Crippen LogP contribution is 2.25. The van der Waals surface area contributed by atoms with E-state index in [1.54, 1.807) is 0 Å². The van der Waals surface area contributed by atoms with Gasteiger partial charge in [0.05, 0.1) is 12.6 Å². The number of aliphatic hydroxyl groups excluding tert-OH is 1. The van der Waals surface area contributed by atoms with E-state index in [2.05, 4.69) is 33.0 Å². The van der Waals surface area contributed by atoms with Crippen LogP contribution >= 0.6 is 0 Å². The van der Waals surface area contributed by atoms with Crippen molar-refractivity contribution in [2.45, 2.75) is 46.1 Å². The van der Waals surface area contributed by atoms with Gasteiger partial charge in [-0.25, -0.2) is 0 Å². The summed E-state index contributed by atoms with van der Waals surface area (Å²) in [6.07, 6.45) is 0.755. The number of benzene rings is 1. The van der Waals surface area contributed by atoms with Crippen molar-refractivity contribution in [3.8, 4) is 5.75 Å². The second-order valence-electron chi connectivity index (χ2n) is 6.06. The molecule has 1 unspecified atom stereocenters. The number of carbonyl (C=O) groups excluding carboxylic acids is 1. The Balaban J connectivity index is 2.53. The molecule has 1 aromatic rings. The molecule has 118 valence electrons. The highest BCUT2D eigenvalue weighted by atomic mass is 16.5. The maximum absolute atomic E-state index is 11.9. The molecule has 0 heterocycles. The minimum absolute atomic E-state index is 0.0294. The maximum atomic E-state index is 11.9. The van der Waals surface area contributed by atoms with E-state index in [-0.39, 0.29) is 25.2 Å². The third-order valence-corrected chi connectivity index (χ3v) is 3.24. The lowest BCUT2D eigenvalue weighted by Gasteiger charge is -2.19. The second kappa shape index (κ2) is 8.67.